The highest BCUT2D eigenvalue weighted by atomic mass is 19.4. The van der Waals surface area contributed by atoms with Crippen molar-refractivity contribution in [1.82, 2.24) is 0 Å². The van der Waals surface area contributed by atoms with Crippen LogP contribution in [0.3, 0.4) is 0 Å². The zero-order chi connectivity index (χ0) is 13.4. The minimum absolute atomic E-state index is 0.548. The SMILES string of the molecule is CN(C)c1c(C(O)C(F)(F)F)ccc(F)c1F. The van der Waals surface area contributed by atoms with Gasteiger partial charge in [0.1, 0.15) is 0 Å². The van der Waals surface area contributed by atoms with E-state index in [-0.39, 0.29) is 0 Å². The highest BCUT2D eigenvalue weighted by molar-refractivity contribution is 5.55. The molecule has 7 heteroatoms. The fourth-order valence-electron chi connectivity index (χ4n) is 1.41. The van der Waals surface area contributed by atoms with Gasteiger partial charge >= 0.3 is 6.18 Å². The summed E-state index contributed by atoms with van der Waals surface area (Å²) in [5.74, 6) is -2.69. The average Bonchev–Trinajstić information content (AvgIpc) is 2.18. The molecule has 0 heterocycles. The largest absolute Gasteiger partial charge is 0.418 e. The molecule has 0 aromatic heterocycles. The third-order valence-corrected chi connectivity index (χ3v) is 2.15. The topological polar surface area (TPSA) is 23.5 Å². The summed E-state index contributed by atoms with van der Waals surface area (Å²) in [6, 6.07) is 1.26. The van der Waals surface area contributed by atoms with E-state index >= 15 is 0 Å². The van der Waals surface area contributed by atoms with Crippen LogP contribution < -0.4 is 4.90 Å². The summed E-state index contributed by atoms with van der Waals surface area (Å²) in [5.41, 5.74) is -1.34. The van der Waals surface area contributed by atoms with Crippen molar-refractivity contribution in [3.63, 3.8) is 0 Å². The van der Waals surface area contributed by atoms with Gasteiger partial charge in [-0.2, -0.15) is 13.2 Å². The number of hydrogen-bond donors (Lipinski definition) is 1. The molecule has 0 saturated carbocycles. The van der Waals surface area contributed by atoms with Gasteiger partial charge in [0.15, 0.2) is 17.7 Å². The second-order valence-corrected chi connectivity index (χ2v) is 3.64. The van der Waals surface area contributed by atoms with Crippen LogP contribution in [0.25, 0.3) is 0 Å². The van der Waals surface area contributed by atoms with Crippen molar-refractivity contribution in [2.75, 3.05) is 19.0 Å². The zero-order valence-electron chi connectivity index (χ0n) is 9.02. The smallest absolute Gasteiger partial charge is 0.379 e. The van der Waals surface area contributed by atoms with Crippen LogP contribution in [0.5, 0.6) is 0 Å². The molecule has 1 unspecified atom stereocenters. The van der Waals surface area contributed by atoms with Crippen molar-refractivity contribution in [2.45, 2.75) is 12.3 Å². The molecule has 2 nitrogen and oxygen atoms in total. The van der Waals surface area contributed by atoms with Gasteiger partial charge in [-0.3, -0.25) is 0 Å². The Morgan fingerprint density at radius 2 is 1.71 bits per heavy atom. The lowest BCUT2D eigenvalue weighted by molar-refractivity contribution is -0.206. The lowest BCUT2D eigenvalue weighted by Gasteiger charge is -2.23. The van der Waals surface area contributed by atoms with Crippen molar-refractivity contribution in [2.24, 2.45) is 0 Å². The first kappa shape index (κ1) is 13.7. The molecule has 96 valence electrons. The molecular weight excluding hydrogens is 245 g/mol. The fraction of sp³-hybridized carbons (Fsp3) is 0.400. The Labute approximate surface area is 94.3 Å². The molecule has 0 amide bonds. The standard InChI is InChI=1S/C10H10F5NO/c1-16(2)8-5(9(17)10(13,14)15)3-4-6(11)7(8)12/h3-4,9,17H,1-2H3. The minimum atomic E-state index is -4.94. The van der Waals surface area contributed by atoms with E-state index in [4.69, 9.17) is 5.11 Å². The molecule has 1 rings (SSSR count). The summed E-state index contributed by atoms with van der Waals surface area (Å²) in [4.78, 5) is 0.975. The molecule has 0 fully saturated rings. The van der Waals surface area contributed by atoms with E-state index in [1.165, 1.54) is 14.1 Å². The molecule has 1 aromatic carbocycles. The molecule has 0 aliphatic rings. The van der Waals surface area contributed by atoms with E-state index in [0.717, 1.165) is 4.90 Å². The Balaban J connectivity index is 3.39. The number of halogens is 5. The number of nitrogens with zero attached hydrogens (tertiary/aromatic N) is 1. The number of hydrogen-bond acceptors (Lipinski definition) is 2. The number of alkyl halides is 3. The van der Waals surface area contributed by atoms with Gasteiger partial charge in [0, 0.05) is 19.7 Å². The zero-order valence-corrected chi connectivity index (χ0v) is 9.02. The van der Waals surface area contributed by atoms with Crippen LogP contribution in [0.1, 0.15) is 11.7 Å². The van der Waals surface area contributed by atoms with E-state index < -0.39 is 35.2 Å². The highest BCUT2D eigenvalue weighted by Crippen LogP contribution is 2.38. The third-order valence-electron chi connectivity index (χ3n) is 2.15. The maximum absolute atomic E-state index is 13.4. The van der Waals surface area contributed by atoms with Gasteiger partial charge in [0.05, 0.1) is 5.69 Å². The number of benzene rings is 1. The molecule has 0 radical (unpaired) electrons. The summed E-state index contributed by atoms with van der Waals surface area (Å²) in [6.07, 6.45) is -7.79. The maximum Gasteiger partial charge on any atom is 0.418 e. The van der Waals surface area contributed by atoms with Gasteiger partial charge in [-0.1, -0.05) is 6.07 Å². The summed E-state index contributed by atoms with van der Waals surface area (Å²) < 4.78 is 63.3. The van der Waals surface area contributed by atoms with Crippen molar-refractivity contribution < 1.29 is 27.1 Å². The molecular formula is C10H10F5NO. The van der Waals surface area contributed by atoms with Crippen LogP contribution >= 0.6 is 0 Å². The monoisotopic (exact) mass is 255 g/mol. The van der Waals surface area contributed by atoms with E-state index in [1.54, 1.807) is 0 Å². The summed E-state index contributed by atoms with van der Waals surface area (Å²) in [7, 11) is 2.51. The van der Waals surface area contributed by atoms with E-state index in [9.17, 15) is 22.0 Å². The predicted molar refractivity (Wildman–Crippen MR) is 51.7 cm³/mol. The molecule has 0 spiro atoms. The molecule has 1 atom stereocenters. The molecule has 0 bridgehead atoms. The Morgan fingerprint density at radius 3 is 2.12 bits per heavy atom. The van der Waals surface area contributed by atoms with Crippen LogP contribution in [0.4, 0.5) is 27.6 Å². The Bertz CT molecular complexity index is 416. The molecule has 0 aliphatic carbocycles. The van der Waals surface area contributed by atoms with Crippen LogP contribution in [-0.4, -0.2) is 25.4 Å². The van der Waals surface area contributed by atoms with Crippen molar-refractivity contribution in [3.8, 4) is 0 Å². The van der Waals surface area contributed by atoms with E-state index in [2.05, 4.69) is 0 Å². The van der Waals surface area contributed by atoms with Crippen LogP contribution in [0.15, 0.2) is 12.1 Å². The Morgan fingerprint density at radius 1 is 1.18 bits per heavy atom. The quantitative estimate of drug-likeness (QED) is 0.821. The summed E-state index contributed by atoms with van der Waals surface area (Å²) in [6.45, 7) is 0. The molecule has 1 aromatic rings. The number of anilines is 1. The van der Waals surface area contributed by atoms with Gasteiger partial charge < -0.3 is 10.0 Å². The molecule has 1 N–H and O–H groups in total. The van der Waals surface area contributed by atoms with Crippen LogP contribution in [0, 0.1) is 11.6 Å². The second-order valence-electron chi connectivity index (χ2n) is 3.64. The van der Waals surface area contributed by atoms with Gasteiger partial charge in [0.25, 0.3) is 0 Å². The first-order valence-electron chi connectivity index (χ1n) is 4.56. The lowest BCUT2D eigenvalue weighted by Crippen LogP contribution is -2.24. The first-order valence-corrected chi connectivity index (χ1v) is 4.56. The van der Waals surface area contributed by atoms with Crippen molar-refractivity contribution >= 4 is 5.69 Å². The summed E-state index contributed by atoms with van der Waals surface area (Å²) in [5, 5.41) is 9.06. The minimum Gasteiger partial charge on any atom is -0.379 e. The highest BCUT2D eigenvalue weighted by Gasteiger charge is 2.41. The fourth-order valence-corrected chi connectivity index (χ4v) is 1.41. The normalized spacial score (nSPS) is 13.6. The Hall–Kier alpha value is -1.37. The lowest BCUT2D eigenvalue weighted by atomic mass is 10.1. The van der Waals surface area contributed by atoms with E-state index in [0.29, 0.717) is 12.1 Å². The van der Waals surface area contributed by atoms with Crippen molar-refractivity contribution in [3.05, 3.63) is 29.3 Å². The molecule has 17 heavy (non-hydrogen) atoms. The maximum atomic E-state index is 13.4. The predicted octanol–water partition coefficient (Wildman–Crippen LogP) is 2.63. The number of aliphatic hydroxyl groups is 1. The molecule has 0 aliphatic heterocycles. The summed E-state index contributed by atoms with van der Waals surface area (Å²) >= 11 is 0. The first-order chi connectivity index (χ1) is 7.66. The van der Waals surface area contributed by atoms with Gasteiger partial charge in [-0.05, 0) is 6.07 Å². The van der Waals surface area contributed by atoms with Gasteiger partial charge in [-0.15, -0.1) is 0 Å². The van der Waals surface area contributed by atoms with Crippen LogP contribution in [0.2, 0.25) is 0 Å². The van der Waals surface area contributed by atoms with E-state index in [1.807, 2.05) is 0 Å². The van der Waals surface area contributed by atoms with Crippen LogP contribution in [-0.2, 0) is 0 Å². The number of aliphatic hydroxyl groups excluding tert-OH is 1. The van der Waals surface area contributed by atoms with Crippen molar-refractivity contribution in [1.29, 1.82) is 0 Å². The third kappa shape index (κ3) is 2.66. The number of rotatable bonds is 2. The Kier molecular flexibility index (Phi) is 3.61. The van der Waals surface area contributed by atoms with Gasteiger partial charge in [0.2, 0.25) is 0 Å². The average molecular weight is 255 g/mol. The molecule has 0 saturated heterocycles. The van der Waals surface area contributed by atoms with Gasteiger partial charge in [-0.25, -0.2) is 8.78 Å². The second kappa shape index (κ2) is 4.48.